The van der Waals surface area contributed by atoms with Crippen molar-refractivity contribution < 1.29 is 14.6 Å². The number of hydrogen-bond acceptors (Lipinski definition) is 2. The molecular weight excluding hydrogens is 283 g/mol. The Labute approximate surface area is 100 Å². The summed E-state index contributed by atoms with van der Waals surface area (Å²) in [6.07, 6.45) is 0.405. The molecule has 1 aromatic rings. The quantitative estimate of drug-likeness (QED) is 0.809. The van der Waals surface area contributed by atoms with Gasteiger partial charge in [-0.05, 0) is 34.1 Å². The summed E-state index contributed by atoms with van der Waals surface area (Å²) >= 11 is 9.09. The van der Waals surface area contributed by atoms with E-state index in [9.17, 15) is 4.79 Å². The minimum absolute atomic E-state index is 0.257. The third kappa shape index (κ3) is 2.11. The van der Waals surface area contributed by atoms with Gasteiger partial charge in [0.05, 0.1) is 5.92 Å². The average Bonchev–Trinajstić information content (AvgIpc) is 2.17. The lowest BCUT2D eigenvalue weighted by Gasteiger charge is -2.26. The molecule has 15 heavy (non-hydrogen) atoms. The average molecular weight is 292 g/mol. The number of carbonyl (C=O) groups is 1. The predicted octanol–water partition coefficient (Wildman–Crippen LogP) is 3.01. The van der Waals surface area contributed by atoms with E-state index in [4.69, 9.17) is 21.4 Å². The molecule has 1 aliphatic heterocycles. The van der Waals surface area contributed by atoms with Crippen LogP contribution in [0.15, 0.2) is 18.2 Å². The summed E-state index contributed by atoms with van der Waals surface area (Å²) in [5.74, 6) is -0.831. The molecule has 0 saturated heterocycles. The van der Waals surface area contributed by atoms with Crippen LogP contribution in [0.4, 0.5) is 0 Å². The second kappa shape index (κ2) is 4.02. The molecule has 3 nitrogen and oxygen atoms in total. The van der Waals surface area contributed by atoms with Gasteiger partial charge in [0, 0.05) is 17.0 Å². The lowest BCUT2D eigenvalue weighted by atomic mass is 9.93. The molecule has 5 heteroatoms. The highest BCUT2D eigenvalue weighted by Crippen LogP contribution is 2.39. The minimum atomic E-state index is -0.855. The van der Waals surface area contributed by atoms with Gasteiger partial charge in [-0.2, -0.15) is 0 Å². The number of halogens is 2. The fourth-order valence-corrected chi connectivity index (χ4v) is 2.39. The molecule has 2 rings (SSSR count). The summed E-state index contributed by atoms with van der Waals surface area (Å²) < 4.78 is 5.46. The summed E-state index contributed by atoms with van der Waals surface area (Å²) in [6.45, 7) is 0. The molecule has 0 spiro atoms. The standard InChI is InChI=1S/C10H8BrClO3/c11-9-4-7(10(13)14)6-3-5(12)1-2-8(6)15-9/h1-3,7,9H,4H2,(H,13,14). The first-order valence-corrected chi connectivity index (χ1v) is 5.70. The molecule has 0 aliphatic carbocycles. The number of carboxylic acid groups (broad SMARTS) is 1. The highest BCUT2D eigenvalue weighted by molar-refractivity contribution is 9.09. The van der Waals surface area contributed by atoms with Crippen molar-refractivity contribution in [2.75, 3.05) is 0 Å². The highest BCUT2D eigenvalue weighted by Gasteiger charge is 2.31. The summed E-state index contributed by atoms with van der Waals surface area (Å²) in [7, 11) is 0. The predicted molar refractivity (Wildman–Crippen MR) is 59.8 cm³/mol. The molecule has 0 radical (unpaired) electrons. The first kappa shape index (κ1) is 10.8. The van der Waals surface area contributed by atoms with Gasteiger partial charge in [0.2, 0.25) is 0 Å². The lowest BCUT2D eigenvalue weighted by molar-refractivity contribution is -0.139. The molecule has 2 atom stereocenters. The Morgan fingerprint density at radius 1 is 1.60 bits per heavy atom. The van der Waals surface area contributed by atoms with Crippen LogP contribution in [0.25, 0.3) is 0 Å². The first-order valence-electron chi connectivity index (χ1n) is 4.41. The molecule has 1 N–H and O–H groups in total. The third-order valence-electron chi connectivity index (χ3n) is 2.32. The second-order valence-corrected chi connectivity index (χ2v) is 4.79. The molecule has 1 aliphatic rings. The molecule has 2 unspecified atom stereocenters. The number of aliphatic carboxylic acids is 1. The summed E-state index contributed by atoms with van der Waals surface area (Å²) in [5.41, 5.74) is 0.644. The van der Waals surface area contributed by atoms with Crippen LogP contribution >= 0.6 is 27.5 Å². The topological polar surface area (TPSA) is 46.5 Å². The number of alkyl halides is 1. The smallest absolute Gasteiger partial charge is 0.311 e. The number of carboxylic acids is 1. The zero-order chi connectivity index (χ0) is 11.0. The Morgan fingerprint density at radius 2 is 2.33 bits per heavy atom. The van der Waals surface area contributed by atoms with Crippen molar-refractivity contribution in [2.24, 2.45) is 0 Å². The largest absolute Gasteiger partial charge is 0.481 e. The van der Waals surface area contributed by atoms with E-state index in [2.05, 4.69) is 15.9 Å². The molecular formula is C10H8BrClO3. The Hall–Kier alpha value is -0.740. The van der Waals surface area contributed by atoms with Crippen LogP contribution in [0.1, 0.15) is 17.9 Å². The maximum atomic E-state index is 11.1. The van der Waals surface area contributed by atoms with Gasteiger partial charge >= 0.3 is 5.97 Å². The molecule has 80 valence electrons. The van der Waals surface area contributed by atoms with E-state index in [-0.39, 0.29) is 5.01 Å². The summed E-state index contributed by atoms with van der Waals surface area (Å²) in [6, 6.07) is 5.03. The van der Waals surface area contributed by atoms with Crippen molar-refractivity contribution in [2.45, 2.75) is 17.4 Å². The van der Waals surface area contributed by atoms with E-state index in [1.54, 1.807) is 18.2 Å². The Bertz CT molecular complexity index is 408. The zero-order valence-corrected chi connectivity index (χ0v) is 9.96. The van der Waals surface area contributed by atoms with E-state index in [0.29, 0.717) is 22.8 Å². The molecule has 0 aromatic heterocycles. The monoisotopic (exact) mass is 290 g/mol. The van der Waals surface area contributed by atoms with Crippen molar-refractivity contribution in [3.63, 3.8) is 0 Å². The van der Waals surface area contributed by atoms with Crippen LogP contribution < -0.4 is 4.74 Å². The van der Waals surface area contributed by atoms with Crippen LogP contribution in [0.2, 0.25) is 5.02 Å². The van der Waals surface area contributed by atoms with E-state index in [0.717, 1.165) is 0 Å². The fraction of sp³-hybridized carbons (Fsp3) is 0.300. The maximum Gasteiger partial charge on any atom is 0.311 e. The minimum Gasteiger partial charge on any atom is -0.481 e. The van der Waals surface area contributed by atoms with Crippen molar-refractivity contribution in [1.82, 2.24) is 0 Å². The van der Waals surface area contributed by atoms with Gasteiger partial charge in [-0.3, -0.25) is 4.79 Å². The zero-order valence-electron chi connectivity index (χ0n) is 7.61. The Morgan fingerprint density at radius 3 is 3.00 bits per heavy atom. The van der Waals surface area contributed by atoms with E-state index in [1.807, 2.05) is 0 Å². The first-order chi connectivity index (χ1) is 7.08. The van der Waals surface area contributed by atoms with Crippen molar-refractivity contribution in [1.29, 1.82) is 0 Å². The molecule has 1 aromatic carbocycles. The second-order valence-electron chi connectivity index (χ2n) is 3.34. The van der Waals surface area contributed by atoms with E-state index < -0.39 is 11.9 Å². The number of ether oxygens (including phenoxy) is 1. The molecule has 0 fully saturated rings. The van der Waals surface area contributed by atoms with Gasteiger partial charge in [-0.25, -0.2) is 0 Å². The SMILES string of the molecule is O=C(O)C1CC(Br)Oc2ccc(Cl)cc21. The number of hydrogen-bond donors (Lipinski definition) is 1. The van der Waals surface area contributed by atoms with E-state index >= 15 is 0 Å². The van der Waals surface area contributed by atoms with Gasteiger partial charge in [0.1, 0.15) is 5.75 Å². The third-order valence-corrected chi connectivity index (χ3v) is 3.12. The Balaban J connectivity index is 2.47. The van der Waals surface area contributed by atoms with Gasteiger partial charge in [0.25, 0.3) is 0 Å². The highest BCUT2D eigenvalue weighted by atomic mass is 79.9. The van der Waals surface area contributed by atoms with Crippen LogP contribution in [0.5, 0.6) is 5.75 Å². The summed E-state index contributed by atoms with van der Waals surface area (Å²) in [4.78, 5) is 11.1. The normalized spacial score (nSPS) is 24.1. The van der Waals surface area contributed by atoms with Gasteiger partial charge < -0.3 is 9.84 Å². The van der Waals surface area contributed by atoms with Crippen molar-refractivity contribution in [3.8, 4) is 5.75 Å². The van der Waals surface area contributed by atoms with Crippen LogP contribution in [0, 0.1) is 0 Å². The molecule has 0 bridgehead atoms. The number of fused-ring (bicyclic) bond motifs is 1. The van der Waals surface area contributed by atoms with E-state index in [1.165, 1.54) is 0 Å². The van der Waals surface area contributed by atoms with Crippen LogP contribution in [-0.4, -0.2) is 16.1 Å². The maximum absolute atomic E-state index is 11.1. The van der Waals surface area contributed by atoms with Gasteiger partial charge in [-0.15, -0.1) is 0 Å². The van der Waals surface area contributed by atoms with Crippen molar-refractivity contribution >= 4 is 33.5 Å². The Kier molecular flexibility index (Phi) is 2.89. The lowest BCUT2D eigenvalue weighted by Crippen LogP contribution is -2.25. The number of rotatable bonds is 1. The fourth-order valence-electron chi connectivity index (χ4n) is 1.63. The van der Waals surface area contributed by atoms with Crippen LogP contribution in [0.3, 0.4) is 0 Å². The number of benzene rings is 1. The summed E-state index contributed by atoms with van der Waals surface area (Å²) in [5, 5.41) is 9.34. The molecule has 0 saturated carbocycles. The van der Waals surface area contributed by atoms with Crippen molar-refractivity contribution in [3.05, 3.63) is 28.8 Å². The molecule has 1 heterocycles. The van der Waals surface area contributed by atoms with Gasteiger partial charge in [0.15, 0.2) is 5.01 Å². The van der Waals surface area contributed by atoms with Crippen LogP contribution in [-0.2, 0) is 4.79 Å². The van der Waals surface area contributed by atoms with Gasteiger partial charge in [-0.1, -0.05) is 11.6 Å². The molecule has 0 amide bonds.